The van der Waals surface area contributed by atoms with Crippen molar-refractivity contribution in [3.8, 4) is 39.1 Å². The fraction of sp³-hybridized carbons (Fsp3) is 0. The Bertz CT molecular complexity index is 3930. The van der Waals surface area contributed by atoms with Crippen molar-refractivity contribution >= 4 is 71.7 Å². The summed E-state index contributed by atoms with van der Waals surface area (Å²) in [6.07, 6.45) is 4.19. The number of aliphatic imine (C=N–C) groups is 1. The normalized spacial score (nSPS) is 12.0. The zero-order valence-corrected chi connectivity index (χ0v) is 36.6. The first kappa shape index (κ1) is 39.7. The van der Waals surface area contributed by atoms with Gasteiger partial charge in [0.15, 0.2) is 5.84 Å². The second-order valence-electron chi connectivity index (χ2n) is 17.1. The minimum atomic E-state index is 0.203. The van der Waals surface area contributed by atoms with E-state index in [0.717, 1.165) is 50.1 Å². The van der Waals surface area contributed by atoms with E-state index in [1.54, 1.807) is 0 Å². The van der Waals surface area contributed by atoms with Crippen LogP contribution in [0.4, 0.5) is 0 Å². The lowest BCUT2D eigenvalue weighted by Gasteiger charge is -2.15. The van der Waals surface area contributed by atoms with Crippen molar-refractivity contribution in [1.82, 2.24) is 4.57 Å². The van der Waals surface area contributed by atoms with Gasteiger partial charge in [0.1, 0.15) is 0 Å². The number of nitrogens with zero attached hydrogens (tertiary/aromatic N) is 2. The molecule has 0 unspecified atom stereocenters. The number of rotatable bonds is 8. The first-order chi connectivity index (χ1) is 33.1. The average Bonchev–Trinajstić information content (AvgIpc) is 3.73. The monoisotopic (exact) mass is 853 g/mol. The molecule has 0 fully saturated rings. The van der Waals surface area contributed by atoms with E-state index >= 15 is 0 Å². The van der Waals surface area contributed by atoms with Crippen LogP contribution in [-0.2, 0) is 0 Å². The van der Waals surface area contributed by atoms with Gasteiger partial charge in [-0.1, -0.05) is 206 Å². The van der Waals surface area contributed by atoms with E-state index in [1.807, 2.05) is 30.3 Å². The molecule has 0 aliphatic carbocycles. The smallest absolute Gasteiger partial charge is 0.152 e. The Labute approximate surface area is 389 Å². The molecule has 0 aliphatic rings. The van der Waals surface area contributed by atoms with Crippen molar-refractivity contribution in [3.63, 3.8) is 0 Å². The van der Waals surface area contributed by atoms with Gasteiger partial charge in [-0.2, -0.15) is 0 Å². The molecule has 0 spiro atoms. The van der Waals surface area contributed by atoms with Gasteiger partial charge in [-0.15, -0.1) is 0 Å². The highest BCUT2D eigenvalue weighted by Gasteiger charge is 2.17. The largest absolute Gasteiger partial charge is 0.309 e. The Morgan fingerprint density at radius 3 is 1.90 bits per heavy atom. The van der Waals surface area contributed by atoms with Gasteiger partial charge < -0.3 is 4.57 Å². The summed E-state index contributed by atoms with van der Waals surface area (Å²) < 4.78 is 2.35. The van der Waals surface area contributed by atoms with Gasteiger partial charge in [0, 0.05) is 27.6 Å². The average molecular weight is 854 g/mol. The zero-order valence-electron chi connectivity index (χ0n) is 36.6. The van der Waals surface area contributed by atoms with Gasteiger partial charge in [0.2, 0.25) is 0 Å². The maximum Gasteiger partial charge on any atom is 0.152 e. The van der Waals surface area contributed by atoms with Crippen LogP contribution in [0.5, 0.6) is 0 Å². The van der Waals surface area contributed by atoms with Crippen molar-refractivity contribution in [3.05, 3.63) is 265 Å². The maximum absolute atomic E-state index is 9.21. The van der Waals surface area contributed by atoms with Gasteiger partial charge in [0.25, 0.3) is 0 Å². The Morgan fingerprint density at radius 1 is 0.403 bits per heavy atom. The minimum Gasteiger partial charge on any atom is -0.309 e. The Kier molecular flexibility index (Phi) is 10.00. The van der Waals surface area contributed by atoms with Crippen LogP contribution in [0, 0.1) is 5.41 Å². The summed E-state index contributed by atoms with van der Waals surface area (Å²) in [5.41, 5.74) is 13.7. The lowest BCUT2D eigenvalue weighted by Crippen LogP contribution is -2.05. The quantitative estimate of drug-likeness (QED) is 0.0685. The Morgan fingerprint density at radius 2 is 1.04 bits per heavy atom. The fourth-order valence-electron chi connectivity index (χ4n) is 9.90. The van der Waals surface area contributed by atoms with Crippen LogP contribution in [0.15, 0.2) is 254 Å². The van der Waals surface area contributed by atoms with E-state index in [-0.39, 0.29) is 5.84 Å². The standard InChI is InChI=1S/C64H43N3/c65-64(45-19-3-1-4-20-45)66-60(55-30-12-11-28-53(55)49-35-36-57-56-31-13-14-32-61(56)67(62(57)42-49)51-25-5-2-6-26-51)38-33-43-17-15-22-46(39-43)47-23-16-24-50(40-47)63-54-29-10-8-21-48(54)41-59-52-27-9-7-18-44(52)34-37-58(59)63/h1-42,65H/b38-33+,65-64?,66-60?. The molecule has 1 heterocycles. The van der Waals surface area contributed by atoms with Crippen LogP contribution in [0.3, 0.4) is 0 Å². The predicted octanol–water partition coefficient (Wildman–Crippen LogP) is 16.8. The molecule has 0 amide bonds. The van der Waals surface area contributed by atoms with Crippen molar-refractivity contribution in [2.75, 3.05) is 0 Å². The molecule has 0 atom stereocenters. The molecule has 12 aromatic rings. The number of benzene rings is 11. The molecule has 1 aromatic heterocycles. The molecular weight excluding hydrogens is 811 g/mol. The highest BCUT2D eigenvalue weighted by atomic mass is 15.0. The molecule has 1 N–H and O–H groups in total. The van der Waals surface area contributed by atoms with Gasteiger partial charge >= 0.3 is 0 Å². The SMILES string of the molecule is N=C(N=C(/C=C/c1cccc(-c2cccc(-c3c4ccccc4cc4c3ccc3ccccc34)c2)c1)c1ccccc1-c1ccc2c3ccccc3n(-c3ccccc3)c2c1)c1ccccc1. The lowest BCUT2D eigenvalue weighted by atomic mass is 9.88. The number of para-hydroxylation sites is 2. The third kappa shape index (κ3) is 7.29. The van der Waals surface area contributed by atoms with E-state index < -0.39 is 0 Å². The Hall–Kier alpha value is -8.92. The van der Waals surface area contributed by atoms with E-state index in [1.165, 1.54) is 59.7 Å². The summed E-state index contributed by atoms with van der Waals surface area (Å²) in [6, 6.07) is 86.0. The van der Waals surface area contributed by atoms with Crippen LogP contribution >= 0.6 is 0 Å². The number of nitrogens with one attached hydrogen (secondary N) is 1. The second-order valence-corrected chi connectivity index (χ2v) is 17.1. The number of hydrogen-bond donors (Lipinski definition) is 1. The highest BCUT2D eigenvalue weighted by Crippen LogP contribution is 2.41. The van der Waals surface area contributed by atoms with Crippen molar-refractivity contribution in [1.29, 1.82) is 5.41 Å². The van der Waals surface area contributed by atoms with Gasteiger partial charge in [-0.05, 0) is 120 Å². The van der Waals surface area contributed by atoms with Crippen molar-refractivity contribution < 1.29 is 0 Å². The van der Waals surface area contributed by atoms with Crippen LogP contribution < -0.4 is 0 Å². The predicted molar refractivity (Wildman–Crippen MR) is 285 cm³/mol. The van der Waals surface area contributed by atoms with Crippen molar-refractivity contribution in [2.24, 2.45) is 4.99 Å². The second kappa shape index (κ2) is 16.9. The van der Waals surface area contributed by atoms with E-state index in [2.05, 4.69) is 229 Å². The van der Waals surface area contributed by atoms with Gasteiger partial charge in [0.05, 0.1) is 16.7 Å². The van der Waals surface area contributed by atoms with Gasteiger partial charge in [-0.3, -0.25) is 5.41 Å². The van der Waals surface area contributed by atoms with E-state index in [4.69, 9.17) is 4.99 Å². The van der Waals surface area contributed by atoms with E-state index in [9.17, 15) is 5.41 Å². The van der Waals surface area contributed by atoms with Crippen LogP contribution in [0.1, 0.15) is 16.7 Å². The molecule has 3 nitrogen and oxygen atoms in total. The number of aromatic nitrogens is 1. The summed E-state index contributed by atoms with van der Waals surface area (Å²) in [4.78, 5) is 5.08. The first-order valence-electron chi connectivity index (χ1n) is 22.8. The number of amidine groups is 1. The third-order valence-corrected chi connectivity index (χ3v) is 13.1. The molecule has 12 rings (SSSR count). The number of allylic oxidation sites excluding steroid dienone is 1. The molecule has 0 aliphatic heterocycles. The summed E-state index contributed by atoms with van der Waals surface area (Å²) in [7, 11) is 0. The molecule has 0 saturated carbocycles. The molecular formula is C64H43N3. The molecule has 0 bridgehead atoms. The topological polar surface area (TPSA) is 41.1 Å². The molecule has 0 radical (unpaired) electrons. The van der Waals surface area contributed by atoms with Crippen LogP contribution in [0.25, 0.3) is 99.3 Å². The zero-order chi connectivity index (χ0) is 44.7. The fourth-order valence-corrected chi connectivity index (χ4v) is 9.90. The van der Waals surface area contributed by atoms with Crippen LogP contribution in [-0.4, -0.2) is 16.1 Å². The third-order valence-electron chi connectivity index (χ3n) is 13.1. The summed E-state index contributed by atoms with van der Waals surface area (Å²) in [5.74, 6) is 0.203. The molecule has 11 aromatic carbocycles. The lowest BCUT2D eigenvalue weighted by molar-refractivity contribution is 1.18. The summed E-state index contributed by atoms with van der Waals surface area (Å²) >= 11 is 0. The first-order valence-corrected chi connectivity index (χ1v) is 22.8. The summed E-state index contributed by atoms with van der Waals surface area (Å²) in [5, 5.41) is 19.1. The molecule has 3 heteroatoms. The highest BCUT2D eigenvalue weighted by molar-refractivity contribution is 6.21. The van der Waals surface area contributed by atoms with Gasteiger partial charge in [-0.25, -0.2) is 4.99 Å². The number of hydrogen-bond acceptors (Lipinski definition) is 1. The van der Waals surface area contributed by atoms with Crippen LogP contribution in [0.2, 0.25) is 0 Å². The maximum atomic E-state index is 9.21. The summed E-state index contributed by atoms with van der Waals surface area (Å²) in [6.45, 7) is 0. The molecule has 314 valence electrons. The molecule has 67 heavy (non-hydrogen) atoms. The van der Waals surface area contributed by atoms with Crippen molar-refractivity contribution in [2.45, 2.75) is 0 Å². The molecule has 0 saturated heterocycles. The van der Waals surface area contributed by atoms with E-state index in [0.29, 0.717) is 5.71 Å². The number of fused-ring (bicyclic) bond motifs is 7. The minimum absolute atomic E-state index is 0.203. The Balaban J connectivity index is 0.952.